The Morgan fingerprint density at radius 3 is 2.56 bits per heavy atom. The third-order valence-electron chi connectivity index (χ3n) is 5.06. The second kappa shape index (κ2) is 9.53. The Bertz CT molecular complexity index is 1510. The molecular weight excluding hydrogens is 523 g/mol. The molecule has 0 spiro atoms. The minimum atomic E-state index is -0.899. The smallest absolute Gasteiger partial charge is 0.350 e. The highest BCUT2D eigenvalue weighted by atomic mass is 35.5. The van der Waals surface area contributed by atoms with Crippen LogP contribution in [0, 0.1) is 6.92 Å². The van der Waals surface area contributed by atoms with Crippen LogP contribution in [-0.2, 0) is 9.47 Å². The molecule has 3 aromatic heterocycles. The molecule has 12 heteroatoms. The molecule has 0 radical (unpaired) electrons. The van der Waals surface area contributed by atoms with Crippen LogP contribution < -0.4 is 10.3 Å². The van der Waals surface area contributed by atoms with E-state index in [1.165, 1.54) is 7.11 Å². The maximum absolute atomic E-state index is 12.9. The Hall–Kier alpha value is -2.66. The molecule has 0 fully saturated rings. The number of esters is 2. The Kier molecular flexibility index (Phi) is 6.86. The molecule has 1 N–H and O–H groups in total. The molecule has 4 aromatic rings. The lowest BCUT2D eigenvalue weighted by Gasteiger charge is -2.12. The predicted octanol–water partition coefficient (Wildman–Crippen LogP) is 5.92. The number of H-pyrrole nitrogens is 1. The lowest BCUT2D eigenvalue weighted by molar-refractivity contribution is 0.0326. The maximum Gasteiger partial charge on any atom is 0.350 e. The zero-order chi connectivity index (χ0) is 24.7. The number of carbonyl (C=O) groups excluding carboxylic acids is 2. The predicted molar refractivity (Wildman–Crippen MR) is 133 cm³/mol. The van der Waals surface area contributed by atoms with Crippen LogP contribution in [0.5, 0.6) is 5.75 Å². The van der Waals surface area contributed by atoms with E-state index in [4.69, 9.17) is 37.4 Å². The Morgan fingerprint density at radius 2 is 1.88 bits per heavy atom. The number of nitrogens with zero attached hydrogens (tertiary/aromatic N) is 1. The SMILES string of the molecule is CCOC(=O)c1sc2nc([C@H](C)OC(=O)c3sc4c(Cl)c(OC)ccc4c3Cl)[nH]c(=O)c2c1C. The van der Waals surface area contributed by atoms with E-state index in [-0.39, 0.29) is 22.3 Å². The van der Waals surface area contributed by atoms with Crippen LogP contribution >= 0.6 is 45.9 Å². The second-order valence-corrected chi connectivity index (χ2v) is 9.93. The number of aromatic amines is 1. The fourth-order valence-electron chi connectivity index (χ4n) is 3.38. The van der Waals surface area contributed by atoms with E-state index in [0.717, 1.165) is 22.7 Å². The first-order chi connectivity index (χ1) is 16.2. The lowest BCUT2D eigenvalue weighted by Crippen LogP contribution is -2.17. The third kappa shape index (κ3) is 4.15. The summed E-state index contributed by atoms with van der Waals surface area (Å²) in [4.78, 5) is 45.7. The number of fused-ring (bicyclic) bond motifs is 2. The molecule has 3 heterocycles. The van der Waals surface area contributed by atoms with Gasteiger partial charge >= 0.3 is 11.9 Å². The lowest BCUT2D eigenvalue weighted by atomic mass is 10.2. The van der Waals surface area contributed by atoms with Gasteiger partial charge in [0.15, 0.2) is 11.9 Å². The van der Waals surface area contributed by atoms with Crippen LogP contribution in [0.3, 0.4) is 0 Å². The van der Waals surface area contributed by atoms with Gasteiger partial charge < -0.3 is 19.2 Å². The monoisotopic (exact) mass is 540 g/mol. The van der Waals surface area contributed by atoms with E-state index < -0.39 is 23.6 Å². The number of aromatic nitrogens is 2. The first-order valence-corrected chi connectivity index (χ1v) is 12.4. The van der Waals surface area contributed by atoms with Crippen LogP contribution in [0.4, 0.5) is 0 Å². The number of hydrogen-bond acceptors (Lipinski definition) is 9. The largest absolute Gasteiger partial charge is 0.495 e. The zero-order valence-corrected chi connectivity index (χ0v) is 21.6. The van der Waals surface area contributed by atoms with Crippen molar-refractivity contribution < 1.29 is 23.8 Å². The number of thiophene rings is 2. The number of ether oxygens (including phenoxy) is 3. The van der Waals surface area contributed by atoms with Crippen LogP contribution in [0.2, 0.25) is 10.0 Å². The number of benzene rings is 1. The zero-order valence-electron chi connectivity index (χ0n) is 18.4. The summed E-state index contributed by atoms with van der Waals surface area (Å²) in [6, 6.07) is 3.38. The molecule has 0 aliphatic heterocycles. The third-order valence-corrected chi connectivity index (χ3v) is 8.42. The highest BCUT2D eigenvalue weighted by Gasteiger charge is 2.26. The van der Waals surface area contributed by atoms with E-state index in [2.05, 4.69) is 9.97 Å². The Labute approximate surface area is 211 Å². The molecule has 0 aliphatic rings. The summed E-state index contributed by atoms with van der Waals surface area (Å²) >= 11 is 14.9. The number of rotatable bonds is 6. The maximum atomic E-state index is 12.9. The molecule has 0 aliphatic carbocycles. The summed E-state index contributed by atoms with van der Waals surface area (Å²) in [5, 5.41) is 1.46. The number of halogens is 2. The van der Waals surface area contributed by atoms with Crippen molar-refractivity contribution in [3.05, 3.63) is 53.7 Å². The Morgan fingerprint density at radius 1 is 1.15 bits per heavy atom. The van der Waals surface area contributed by atoms with Gasteiger partial charge in [-0.3, -0.25) is 4.79 Å². The number of carbonyl (C=O) groups is 2. The molecule has 0 saturated heterocycles. The fraction of sp³-hybridized carbons (Fsp3) is 0.273. The van der Waals surface area contributed by atoms with Gasteiger partial charge in [-0.05, 0) is 38.5 Å². The number of hydrogen-bond donors (Lipinski definition) is 1. The molecular formula is C22H18Cl2N2O6S2. The number of aryl methyl sites for hydroxylation is 1. The average molecular weight is 541 g/mol. The van der Waals surface area contributed by atoms with Gasteiger partial charge in [0.1, 0.15) is 25.4 Å². The van der Waals surface area contributed by atoms with E-state index in [1.807, 2.05) is 0 Å². The van der Waals surface area contributed by atoms with Crippen molar-refractivity contribution in [2.75, 3.05) is 13.7 Å². The summed E-state index contributed by atoms with van der Waals surface area (Å²) in [5.74, 6) is -0.604. The van der Waals surface area contributed by atoms with Crippen LogP contribution in [-0.4, -0.2) is 35.6 Å². The minimum absolute atomic E-state index is 0.138. The normalized spacial score (nSPS) is 12.2. The summed E-state index contributed by atoms with van der Waals surface area (Å²) < 4.78 is 16.4. The van der Waals surface area contributed by atoms with E-state index in [1.54, 1.807) is 32.9 Å². The number of methoxy groups -OCH3 is 1. The van der Waals surface area contributed by atoms with Crippen molar-refractivity contribution in [3.63, 3.8) is 0 Å². The van der Waals surface area contributed by atoms with Gasteiger partial charge in [0, 0.05) is 5.39 Å². The molecule has 0 saturated carbocycles. The van der Waals surface area contributed by atoms with Gasteiger partial charge in [-0.25, -0.2) is 14.6 Å². The quantitative estimate of drug-likeness (QED) is 0.302. The van der Waals surface area contributed by atoms with Crippen LogP contribution in [0.1, 0.15) is 50.7 Å². The standard InChI is InChI=1S/C22H18Cl2N2O6S2/c1-5-31-21(28)15-8(2)12-19(27)25-18(26-20(12)34-15)9(3)32-22(29)17-13(23)10-6-7-11(30-4)14(24)16(10)33-17/h6-7,9H,5H2,1-4H3,(H,25,26,27)/t9-/m0/s1. The number of nitrogens with one attached hydrogen (secondary N) is 1. The van der Waals surface area contributed by atoms with Crippen molar-refractivity contribution in [3.8, 4) is 5.75 Å². The average Bonchev–Trinajstić information content (AvgIpc) is 3.32. The van der Waals surface area contributed by atoms with E-state index >= 15 is 0 Å². The van der Waals surface area contributed by atoms with Gasteiger partial charge in [0.2, 0.25) is 0 Å². The Balaban J connectivity index is 1.65. The van der Waals surface area contributed by atoms with Crippen molar-refractivity contribution in [2.24, 2.45) is 0 Å². The first-order valence-electron chi connectivity index (χ1n) is 10.0. The van der Waals surface area contributed by atoms with Crippen LogP contribution in [0.15, 0.2) is 16.9 Å². The van der Waals surface area contributed by atoms with E-state index in [9.17, 15) is 14.4 Å². The summed E-state index contributed by atoms with van der Waals surface area (Å²) in [6.45, 7) is 5.15. The highest BCUT2D eigenvalue weighted by Crippen LogP contribution is 2.43. The topological polar surface area (TPSA) is 108 Å². The molecule has 0 amide bonds. The first kappa shape index (κ1) is 24.5. The summed E-state index contributed by atoms with van der Waals surface area (Å²) in [7, 11) is 1.49. The van der Waals surface area contributed by atoms with E-state index in [0.29, 0.717) is 41.5 Å². The van der Waals surface area contributed by atoms with Crippen molar-refractivity contribution in [1.29, 1.82) is 0 Å². The highest BCUT2D eigenvalue weighted by molar-refractivity contribution is 7.22. The van der Waals surface area contributed by atoms with Gasteiger partial charge in [0.05, 0.1) is 28.8 Å². The van der Waals surface area contributed by atoms with Gasteiger partial charge in [-0.15, -0.1) is 22.7 Å². The molecule has 1 aromatic carbocycles. The fourth-order valence-corrected chi connectivity index (χ4v) is 6.24. The summed E-state index contributed by atoms with van der Waals surface area (Å²) in [5.41, 5.74) is 0.0544. The summed E-state index contributed by atoms with van der Waals surface area (Å²) in [6.07, 6.45) is -0.899. The molecule has 4 rings (SSSR count). The van der Waals surface area contributed by atoms with Gasteiger partial charge in [-0.1, -0.05) is 23.2 Å². The molecule has 0 unspecified atom stereocenters. The van der Waals surface area contributed by atoms with Crippen molar-refractivity contribution >= 4 is 78.1 Å². The molecule has 0 bridgehead atoms. The molecule has 8 nitrogen and oxygen atoms in total. The van der Waals surface area contributed by atoms with Crippen molar-refractivity contribution in [1.82, 2.24) is 9.97 Å². The minimum Gasteiger partial charge on any atom is -0.495 e. The van der Waals surface area contributed by atoms with Gasteiger partial charge in [-0.2, -0.15) is 0 Å². The second-order valence-electron chi connectivity index (χ2n) is 7.16. The molecule has 34 heavy (non-hydrogen) atoms. The van der Waals surface area contributed by atoms with Gasteiger partial charge in [0.25, 0.3) is 5.56 Å². The molecule has 1 atom stereocenters. The van der Waals surface area contributed by atoms with Crippen molar-refractivity contribution in [2.45, 2.75) is 26.9 Å². The van der Waals surface area contributed by atoms with Crippen LogP contribution in [0.25, 0.3) is 20.3 Å². The molecule has 178 valence electrons.